The number of alkyl halides is 1. The van der Waals surface area contributed by atoms with Crippen LogP contribution in [-0.4, -0.2) is 23.7 Å². The summed E-state index contributed by atoms with van der Waals surface area (Å²) in [6.45, 7) is -0.692. The zero-order valence-electron chi connectivity index (χ0n) is 12.0. The molecular weight excluding hydrogens is 309 g/mol. The van der Waals surface area contributed by atoms with Gasteiger partial charge in [0.05, 0.1) is 0 Å². The molecule has 1 aliphatic rings. The van der Waals surface area contributed by atoms with Crippen LogP contribution in [0.1, 0.15) is 22.5 Å². The minimum Gasteiger partial charge on any atom is -0.471 e. The van der Waals surface area contributed by atoms with Crippen molar-refractivity contribution in [2.24, 2.45) is 5.73 Å². The molecule has 120 valence electrons. The van der Waals surface area contributed by atoms with E-state index in [9.17, 15) is 18.0 Å². The number of amides is 1. The van der Waals surface area contributed by atoms with Gasteiger partial charge in [0.15, 0.2) is 0 Å². The smallest absolute Gasteiger partial charge is 0.267 e. The maximum absolute atomic E-state index is 14.1. The summed E-state index contributed by atoms with van der Waals surface area (Å²) in [6.07, 6.45) is 0.142. The topological polar surface area (TPSA) is 65.2 Å². The van der Waals surface area contributed by atoms with Crippen molar-refractivity contribution < 1.29 is 22.7 Å². The summed E-state index contributed by atoms with van der Waals surface area (Å²) >= 11 is 0. The molecule has 4 nitrogen and oxygen atoms in total. The van der Waals surface area contributed by atoms with Gasteiger partial charge in [-0.2, -0.15) is 0 Å². The second-order valence-corrected chi connectivity index (χ2v) is 5.26. The molecule has 0 aliphatic carbocycles. The highest BCUT2D eigenvalue weighted by atomic mass is 19.1. The molecule has 23 heavy (non-hydrogen) atoms. The summed E-state index contributed by atoms with van der Waals surface area (Å²) in [6, 6.07) is 4.48. The van der Waals surface area contributed by atoms with E-state index in [-0.39, 0.29) is 17.1 Å². The summed E-state index contributed by atoms with van der Waals surface area (Å²) in [7, 11) is 0. The van der Waals surface area contributed by atoms with Crippen LogP contribution in [0.5, 0.6) is 5.88 Å². The summed E-state index contributed by atoms with van der Waals surface area (Å²) in [5.74, 6) is -2.24. The van der Waals surface area contributed by atoms with Crippen LogP contribution in [0.2, 0.25) is 0 Å². The molecule has 0 unspecified atom stereocenters. The number of pyridine rings is 1. The molecule has 0 radical (unpaired) electrons. The molecule has 2 heterocycles. The molecule has 1 atom stereocenters. The molecule has 1 amide bonds. The minimum atomic E-state index is -0.817. The number of hydrogen-bond donors (Lipinski definition) is 1. The fourth-order valence-corrected chi connectivity index (χ4v) is 2.59. The van der Waals surface area contributed by atoms with Gasteiger partial charge in [0.25, 0.3) is 5.91 Å². The Balaban J connectivity index is 2.19. The molecule has 1 aromatic heterocycles. The molecule has 0 spiro atoms. The molecule has 2 aromatic rings. The first kappa shape index (κ1) is 15.3. The van der Waals surface area contributed by atoms with E-state index >= 15 is 0 Å². The number of primary amides is 1. The Morgan fingerprint density at radius 2 is 2.09 bits per heavy atom. The molecule has 1 aromatic carbocycles. The average Bonchev–Trinajstić information content (AvgIpc) is 2.53. The molecule has 2 N–H and O–H groups in total. The van der Waals surface area contributed by atoms with Gasteiger partial charge in [-0.3, -0.25) is 4.79 Å². The average molecular weight is 322 g/mol. The lowest BCUT2D eigenvalue weighted by Crippen LogP contribution is -2.27. The van der Waals surface area contributed by atoms with Gasteiger partial charge in [0, 0.05) is 17.2 Å². The van der Waals surface area contributed by atoms with Gasteiger partial charge in [-0.1, -0.05) is 0 Å². The standard InChI is InChI=1S/C16H13F3N2O2/c17-7-9-2-4-11-12(10-3-1-8(18)5-13(10)19)6-14(15(20)22)21-16(11)23-9/h1,3,5-6,9H,2,4,7H2,(H2,20,22)/t9-/m0/s1. The summed E-state index contributed by atoms with van der Waals surface area (Å²) in [4.78, 5) is 15.4. The van der Waals surface area contributed by atoms with E-state index in [1.165, 1.54) is 12.1 Å². The SMILES string of the molecule is NC(=O)c1cc(-c2ccc(F)cc2F)c2c(n1)O[C@H](CF)CC2. The summed E-state index contributed by atoms with van der Waals surface area (Å²) in [5, 5.41) is 0. The highest BCUT2D eigenvalue weighted by Crippen LogP contribution is 2.36. The normalized spacial score (nSPS) is 16.6. The fraction of sp³-hybridized carbons (Fsp3) is 0.250. The van der Waals surface area contributed by atoms with E-state index in [1.807, 2.05) is 0 Å². The number of nitrogens with zero attached hydrogens (tertiary/aromatic N) is 1. The van der Waals surface area contributed by atoms with Gasteiger partial charge in [-0.25, -0.2) is 18.2 Å². The van der Waals surface area contributed by atoms with E-state index in [1.54, 1.807) is 0 Å². The molecule has 1 aliphatic heterocycles. The van der Waals surface area contributed by atoms with Gasteiger partial charge < -0.3 is 10.5 Å². The van der Waals surface area contributed by atoms with Crippen LogP contribution in [0.15, 0.2) is 24.3 Å². The number of fused-ring (bicyclic) bond motifs is 1. The highest BCUT2D eigenvalue weighted by Gasteiger charge is 2.26. The van der Waals surface area contributed by atoms with Crippen LogP contribution in [0.25, 0.3) is 11.1 Å². The minimum absolute atomic E-state index is 0.0638. The first-order valence-corrected chi connectivity index (χ1v) is 7.01. The van der Waals surface area contributed by atoms with Crippen molar-refractivity contribution >= 4 is 5.91 Å². The van der Waals surface area contributed by atoms with Crippen LogP contribution in [-0.2, 0) is 6.42 Å². The zero-order chi connectivity index (χ0) is 16.6. The Labute approximate surface area is 130 Å². The predicted molar refractivity (Wildman–Crippen MR) is 76.8 cm³/mol. The number of ether oxygens (including phenoxy) is 1. The molecule has 7 heteroatoms. The van der Waals surface area contributed by atoms with Crippen molar-refractivity contribution in [1.29, 1.82) is 0 Å². The van der Waals surface area contributed by atoms with Crippen LogP contribution in [0.4, 0.5) is 13.2 Å². The van der Waals surface area contributed by atoms with Gasteiger partial charge >= 0.3 is 0 Å². The maximum Gasteiger partial charge on any atom is 0.267 e. The Hall–Kier alpha value is -2.57. The number of nitrogens with two attached hydrogens (primary N) is 1. The van der Waals surface area contributed by atoms with Crippen molar-refractivity contribution in [3.05, 3.63) is 47.2 Å². The zero-order valence-corrected chi connectivity index (χ0v) is 12.0. The Bertz CT molecular complexity index is 780. The van der Waals surface area contributed by atoms with E-state index < -0.39 is 30.3 Å². The molecule has 0 saturated carbocycles. The van der Waals surface area contributed by atoms with Crippen LogP contribution in [0, 0.1) is 11.6 Å². The molecule has 0 saturated heterocycles. The van der Waals surface area contributed by atoms with E-state index in [0.29, 0.717) is 24.0 Å². The number of benzene rings is 1. The van der Waals surface area contributed by atoms with Crippen molar-refractivity contribution in [2.75, 3.05) is 6.67 Å². The maximum atomic E-state index is 14.1. The number of carbonyl (C=O) groups is 1. The predicted octanol–water partition coefficient (Wildman–Crippen LogP) is 2.79. The van der Waals surface area contributed by atoms with E-state index in [2.05, 4.69) is 4.98 Å². The molecule has 0 fully saturated rings. The lowest BCUT2D eigenvalue weighted by Gasteiger charge is -2.25. The Kier molecular flexibility index (Phi) is 3.94. The van der Waals surface area contributed by atoms with Crippen molar-refractivity contribution in [3.63, 3.8) is 0 Å². The summed E-state index contributed by atoms with van der Waals surface area (Å²) < 4.78 is 45.4. The number of halogens is 3. The van der Waals surface area contributed by atoms with E-state index in [0.717, 1.165) is 12.1 Å². The van der Waals surface area contributed by atoms with E-state index in [4.69, 9.17) is 10.5 Å². The van der Waals surface area contributed by atoms with Crippen LogP contribution >= 0.6 is 0 Å². The molecule has 3 rings (SSSR count). The lowest BCUT2D eigenvalue weighted by molar-refractivity contribution is 0.0989. The highest BCUT2D eigenvalue weighted by molar-refractivity contribution is 5.93. The third-order valence-electron chi connectivity index (χ3n) is 3.73. The number of hydrogen-bond acceptors (Lipinski definition) is 3. The first-order valence-electron chi connectivity index (χ1n) is 7.01. The van der Waals surface area contributed by atoms with Crippen LogP contribution < -0.4 is 10.5 Å². The van der Waals surface area contributed by atoms with Gasteiger partial charge in [-0.15, -0.1) is 0 Å². The third-order valence-corrected chi connectivity index (χ3v) is 3.73. The number of aromatic nitrogens is 1. The summed E-state index contributed by atoms with van der Waals surface area (Å²) in [5.41, 5.74) is 6.11. The van der Waals surface area contributed by atoms with Crippen LogP contribution in [0.3, 0.4) is 0 Å². The second kappa shape index (κ2) is 5.91. The van der Waals surface area contributed by atoms with Gasteiger partial charge in [0.1, 0.15) is 30.1 Å². The number of rotatable bonds is 3. The number of carbonyl (C=O) groups excluding carboxylic acids is 1. The van der Waals surface area contributed by atoms with Crippen molar-refractivity contribution in [1.82, 2.24) is 4.98 Å². The Morgan fingerprint density at radius 3 is 2.74 bits per heavy atom. The van der Waals surface area contributed by atoms with Gasteiger partial charge in [0.2, 0.25) is 5.88 Å². The fourth-order valence-electron chi connectivity index (χ4n) is 2.59. The third kappa shape index (κ3) is 2.86. The molecule has 0 bridgehead atoms. The molecular formula is C16H13F3N2O2. The lowest BCUT2D eigenvalue weighted by atomic mass is 9.94. The monoisotopic (exact) mass is 322 g/mol. The largest absolute Gasteiger partial charge is 0.471 e. The van der Waals surface area contributed by atoms with Gasteiger partial charge in [-0.05, 0) is 36.6 Å². The van der Waals surface area contributed by atoms with Crippen molar-refractivity contribution in [2.45, 2.75) is 18.9 Å². The quantitative estimate of drug-likeness (QED) is 0.945. The second-order valence-electron chi connectivity index (χ2n) is 5.26. The first-order chi connectivity index (χ1) is 11.0. The Morgan fingerprint density at radius 1 is 1.30 bits per heavy atom. The van der Waals surface area contributed by atoms with Crippen molar-refractivity contribution in [3.8, 4) is 17.0 Å².